The van der Waals surface area contributed by atoms with E-state index in [9.17, 15) is 14.9 Å². The molecule has 2 fully saturated rings. The second-order valence-corrected chi connectivity index (χ2v) is 9.62. The summed E-state index contributed by atoms with van der Waals surface area (Å²) in [4.78, 5) is 30.6. The number of nitriles is 1. The lowest BCUT2D eigenvalue weighted by atomic mass is 10.0. The van der Waals surface area contributed by atoms with Gasteiger partial charge < -0.3 is 9.64 Å². The van der Waals surface area contributed by atoms with Crippen LogP contribution in [0.5, 0.6) is 0 Å². The fraction of sp³-hybridized carbons (Fsp3) is 0.565. The highest BCUT2D eigenvalue weighted by Crippen LogP contribution is 2.36. The SMILES string of the molecule is CCCCCN1C(=O)/C(=C/c2c(C)c(C#N)c(=O)n(CCC)c2N2CCOCC2)SC1=S. The third-order valence-corrected chi connectivity index (χ3v) is 7.12. The van der Waals surface area contributed by atoms with E-state index in [1.54, 1.807) is 16.4 Å². The monoisotopic (exact) mass is 474 g/mol. The zero-order valence-corrected chi connectivity index (χ0v) is 20.6. The summed E-state index contributed by atoms with van der Waals surface area (Å²) < 4.78 is 7.76. The highest BCUT2D eigenvalue weighted by atomic mass is 32.2. The van der Waals surface area contributed by atoms with E-state index in [1.165, 1.54) is 11.8 Å². The van der Waals surface area contributed by atoms with Crippen LogP contribution in [0.3, 0.4) is 0 Å². The summed E-state index contributed by atoms with van der Waals surface area (Å²) in [6.07, 6.45) is 5.61. The number of pyridine rings is 1. The van der Waals surface area contributed by atoms with Gasteiger partial charge in [0.1, 0.15) is 21.8 Å². The van der Waals surface area contributed by atoms with Gasteiger partial charge in [0.05, 0.1) is 18.1 Å². The molecular weight excluding hydrogens is 444 g/mol. The number of unbranched alkanes of at least 4 members (excludes halogenated alkanes) is 2. The number of ether oxygens (including phenoxy) is 1. The number of amides is 1. The maximum Gasteiger partial charge on any atom is 0.270 e. The Balaban J connectivity index is 2.13. The van der Waals surface area contributed by atoms with Gasteiger partial charge in [0.2, 0.25) is 0 Å². The fourth-order valence-electron chi connectivity index (χ4n) is 4.03. The molecular formula is C23H30N4O3S2. The minimum absolute atomic E-state index is 0.102. The Labute approximate surface area is 199 Å². The van der Waals surface area contributed by atoms with Gasteiger partial charge in [-0.3, -0.25) is 19.1 Å². The number of thiocarbonyl (C=S) groups is 1. The average molecular weight is 475 g/mol. The van der Waals surface area contributed by atoms with Crippen molar-refractivity contribution in [2.75, 3.05) is 37.7 Å². The van der Waals surface area contributed by atoms with Crippen molar-refractivity contribution in [3.05, 3.63) is 31.9 Å². The van der Waals surface area contributed by atoms with Crippen LogP contribution >= 0.6 is 24.0 Å². The summed E-state index contributed by atoms with van der Waals surface area (Å²) in [5, 5.41) is 9.72. The molecule has 9 heteroatoms. The van der Waals surface area contributed by atoms with Crippen molar-refractivity contribution in [3.8, 4) is 6.07 Å². The molecule has 0 atom stereocenters. The quantitative estimate of drug-likeness (QED) is 0.323. The molecule has 0 aromatic carbocycles. The average Bonchev–Trinajstić information content (AvgIpc) is 3.05. The number of rotatable bonds is 8. The number of hydrogen-bond donors (Lipinski definition) is 0. The molecule has 0 bridgehead atoms. The molecule has 1 amide bonds. The summed E-state index contributed by atoms with van der Waals surface area (Å²) in [6.45, 7) is 9.45. The Morgan fingerprint density at radius 1 is 1.16 bits per heavy atom. The number of hydrogen-bond acceptors (Lipinski definition) is 7. The standard InChI is InChI=1S/C23H30N4O3S2/c1-4-6-7-9-27-22(29)19(32-23(27)31)14-17-16(3)18(15-24)21(28)26(8-5-2)20(17)25-10-12-30-13-11-25/h14H,4-13H2,1-3H3/b19-14-. The Kier molecular flexibility index (Phi) is 8.51. The number of carbonyl (C=O) groups excluding carboxylic acids is 1. The largest absolute Gasteiger partial charge is 0.378 e. The van der Waals surface area contributed by atoms with E-state index in [0.717, 1.165) is 37.1 Å². The summed E-state index contributed by atoms with van der Waals surface area (Å²) in [5.41, 5.74) is 1.19. The molecule has 0 unspecified atom stereocenters. The number of carbonyl (C=O) groups is 1. The van der Waals surface area contributed by atoms with Crippen molar-refractivity contribution in [1.29, 1.82) is 5.26 Å². The molecule has 3 heterocycles. The first kappa shape index (κ1) is 24.5. The van der Waals surface area contributed by atoms with Crippen molar-refractivity contribution in [2.45, 2.75) is 53.0 Å². The molecule has 1 aromatic heterocycles. The lowest BCUT2D eigenvalue weighted by Gasteiger charge is -2.33. The molecule has 1 aromatic rings. The number of thioether (sulfide) groups is 1. The normalized spacial score (nSPS) is 18.0. The number of morpholine rings is 1. The molecule has 0 N–H and O–H groups in total. The van der Waals surface area contributed by atoms with Gasteiger partial charge in [-0.2, -0.15) is 5.26 Å². The van der Waals surface area contributed by atoms with E-state index in [2.05, 4.69) is 17.9 Å². The maximum absolute atomic E-state index is 13.1. The van der Waals surface area contributed by atoms with Gasteiger partial charge in [0, 0.05) is 31.7 Å². The first-order valence-electron chi connectivity index (χ1n) is 11.2. The van der Waals surface area contributed by atoms with E-state index >= 15 is 0 Å². The molecule has 2 aliphatic rings. The van der Waals surface area contributed by atoms with Crippen LogP contribution in [-0.4, -0.2) is 52.5 Å². The predicted octanol–water partition coefficient (Wildman–Crippen LogP) is 3.67. The zero-order chi connectivity index (χ0) is 23.3. The topological polar surface area (TPSA) is 78.6 Å². The smallest absolute Gasteiger partial charge is 0.270 e. The minimum Gasteiger partial charge on any atom is -0.378 e. The first-order chi connectivity index (χ1) is 15.4. The molecule has 3 rings (SSSR count). The zero-order valence-electron chi connectivity index (χ0n) is 19.0. The van der Waals surface area contributed by atoms with Crippen LogP contribution in [0.15, 0.2) is 9.70 Å². The molecule has 0 radical (unpaired) electrons. The van der Waals surface area contributed by atoms with Crippen LogP contribution in [0.2, 0.25) is 0 Å². The van der Waals surface area contributed by atoms with Gasteiger partial charge in [0.25, 0.3) is 11.5 Å². The van der Waals surface area contributed by atoms with Crippen LogP contribution in [0, 0.1) is 18.3 Å². The van der Waals surface area contributed by atoms with Gasteiger partial charge in [-0.05, 0) is 31.4 Å². The molecule has 0 spiro atoms. The van der Waals surface area contributed by atoms with Crippen molar-refractivity contribution < 1.29 is 9.53 Å². The Morgan fingerprint density at radius 2 is 1.88 bits per heavy atom. The van der Waals surface area contributed by atoms with Crippen LogP contribution in [0.1, 0.15) is 56.2 Å². The van der Waals surface area contributed by atoms with Crippen LogP contribution in [0.4, 0.5) is 5.82 Å². The predicted molar refractivity (Wildman–Crippen MR) is 133 cm³/mol. The molecule has 2 saturated heterocycles. The molecule has 2 aliphatic heterocycles. The Morgan fingerprint density at radius 3 is 2.50 bits per heavy atom. The second kappa shape index (κ2) is 11.1. The van der Waals surface area contributed by atoms with E-state index in [4.69, 9.17) is 17.0 Å². The first-order valence-corrected chi connectivity index (χ1v) is 12.4. The Bertz CT molecular complexity index is 1020. The molecule has 172 valence electrons. The summed E-state index contributed by atoms with van der Waals surface area (Å²) in [7, 11) is 0. The van der Waals surface area contributed by atoms with Gasteiger partial charge in [0.15, 0.2) is 0 Å². The summed E-state index contributed by atoms with van der Waals surface area (Å²) >= 11 is 6.77. The molecule has 7 nitrogen and oxygen atoms in total. The number of aromatic nitrogens is 1. The van der Waals surface area contributed by atoms with Crippen molar-refractivity contribution >= 4 is 46.1 Å². The highest BCUT2D eigenvalue weighted by Gasteiger charge is 2.33. The lowest BCUT2D eigenvalue weighted by molar-refractivity contribution is -0.122. The van der Waals surface area contributed by atoms with Gasteiger partial charge in [-0.25, -0.2) is 0 Å². The lowest BCUT2D eigenvalue weighted by Crippen LogP contribution is -2.41. The van der Waals surface area contributed by atoms with Crippen molar-refractivity contribution in [1.82, 2.24) is 9.47 Å². The molecule has 0 saturated carbocycles. The van der Waals surface area contributed by atoms with E-state index in [0.29, 0.717) is 54.2 Å². The Hall–Kier alpha value is -2.15. The van der Waals surface area contributed by atoms with Crippen molar-refractivity contribution in [2.24, 2.45) is 0 Å². The second-order valence-electron chi connectivity index (χ2n) is 7.95. The third kappa shape index (κ3) is 4.92. The third-order valence-electron chi connectivity index (χ3n) is 5.74. The van der Waals surface area contributed by atoms with Crippen LogP contribution in [0.25, 0.3) is 6.08 Å². The van der Waals surface area contributed by atoms with Crippen LogP contribution < -0.4 is 10.5 Å². The minimum atomic E-state index is -0.280. The van der Waals surface area contributed by atoms with E-state index in [-0.39, 0.29) is 17.0 Å². The number of anilines is 1. The highest BCUT2D eigenvalue weighted by molar-refractivity contribution is 8.26. The molecule has 0 aliphatic carbocycles. The number of nitrogens with zero attached hydrogens (tertiary/aromatic N) is 4. The summed E-state index contributed by atoms with van der Waals surface area (Å²) in [5.74, 6) is 0.656. The van der Waals surface area contributed by atoms with Gasteiger partial charge >= 0.3 is 0 Å². The van der Waals surface area contributed by atoms with E-state index < -0.39 is 0 Å². The van der Waals surface area contributed by atoms with Crippen LogP contribution in [-0.2, 0) is 16.1 Å². The molecule has 32 heavy (non-hydrogen) atoms. The summed E-state index contributed by atoms with van der Waals surface area (Å²) in [6, 6.07) is 2.09. The maximum atomic E-state index is 13.1. The van der Waals surface area contributed by atoms with Gasteiger partial charge in [-0.15, -0.1) is 0 Å². The van der Waals surface area contributed by atoms with E-state index in [1.807, 2.05) is 13.0 Å². The van der Waals surface area contributed by atoms with Gasteiger partial charge in [-0.1, -0.05) is 50.7 Å². The van der Waals surface area contributed by atoms with Crippen molar-refractivity contribution in [3.63, 3.8) is 0 Å². The fourth-order valence-corrected chi connectivity index (χ4v) is 5.33.